The van der Waals surface area contributed by atoms with E-state index in [4.69, 9.17) is 0 Å². The van der Waals surface area contributed by atoms with E-state index in [0.717, 1.165) is 50.7 Å². The molecule has 28 heavy (non-hydrogen) atoms. The summed E-state index contributed by atoms with van der Waals surface area (Å²) in [4.78, 5) is 15.1. The van der Waals surface area contributed by atoms with Crippen molar-refractivity contribution in [2.75, 3.05) is 39.3 Å². The van der Waals surface area contributed by atoms with Crippen molar-refractivity contribution in [3.63, 3.8) is 0 Å². The van der Waals surface area contributed by atoms with Gasteiger partial charge in [0, 0.05) is 32.7 Å². The fourth-order valence-corrected chi connectivity index (χ4v) is 7.21. The van der Waals surface area contributed by atoms with Gasteiger partial charge in [0.1, 0.15) is 4.21 Å². The van der Waals surface area contributed by atoms with E-state index < -0.39 is 10.0 Å². The molecule has 1 amide bonds. The molecule has 158 valence electrons. The third-order valence-corrected chi connectivity index (χ3v) is 8.98. The molecule has 2 aliphatic rings. The Morgan fingerprint density at radius 3 is 2.68 bits per heavy atom. The second-order valence-corrected chi connectivity index (χ2v) is 11.6. The zero-order valence-electron chi connectivity index (χ0n) is 17.0. The zero-order valence-corrected chi connectivity index (χ0v) is 18.6. The van der Waals surface area contributed by atoms with Crippen LogP contribution in [-0.2, 0) is 14.8 Å². The number of amides is 1. The van der Waals surface area contributed by atoms with Crippen LogP contribution in [0.2, 0.25) is 0 Å². The number of hydrogen-bond acceptors (Lipinski definition) is 5. The van der Waals surface area contributed by atoms with Gasteiger partial charge in [0.15, 0.2) is 0 Å². The number of carbonyl (C=O) groups excluding carboxylic acids is 1. The molecule has 0 saturated carbocycles. The van der Waals surface area contributed by atoms with Crippen molar-refractivity contribution in [1.29, 1.82) is 0 Å². The van der Waals surface area contributed by atoms with Crippen molar-refractivity contribution in [2.24, 2.45) is 17.8 Å². The van der Waals surface area contributed by atoms with E-state index in [0.29, 0.717) is 17.3 Å². The Kier molecular flexibility index (Phi) is 7.53. The number of rotatable bonds is 7. The molecular weight excluding hydrogens is 394 g/mol. The summed E-state index contributed by atoms with van der Waals surface area (Å²) in [6.07, 6.45) is 3.73. The van der Waals surface area contributed by atoms with E-state index >= 15 is 0 Å². The monoisotopic (exact) mass is 427 g/mol. The fourth-order valence-electron chi connectivity index (χ4n) is 4.55. The maximum atomic E-state index is 12.7. The van der Waals surface area contributed by atoms with Gasteiger partial charge in [-0.2, -0.15) is 4.31 Å². The van der Waals surface area contributed by atoms with Gasteiger partial charge in [-0.15, -0.1) is 11.3 Å². The molecule has 0 aliphatic carbocycles. The summed E-state index contributed by atoms with van der Waals surface area (Å²) in [5.74, 6) is 1.23. The average molecular weight is 428 g/mol. The molecule has 0 bridgehead atoms. The number of nitrogens with one attached hydrogen (secondary N) is 1. The van der Waals surface area contributed by atoms with Crippen LogP contribution in [0.25, 0.3) is 0 Å². The van der Waals surface area contributed by atoms with Gasteiger partial charge in [0.25, 0.3) is 10.0 Å². The molecule has 3 atom stereocenters. The topological polar surface area (TPSA) is 69.7 Å². The Morgan fingerprint density at radius 2 is 2.00 bits per heavy atom. The van der Waals surface area contributed by atoms with Crippen molar-refractivity contribution >= 4 is 27.3 Å². The minimum absolute atomic E-state index is 0.00791. The third-order valence-electron chi connectivity index (χ3n) is 5.74. The van der Waals surface area contributed by atoms with E-state index in [2.05, 4.69) is 24.1 Å². The lowest BCUT2D eigenvalue weighted by Gasteiger charge is -2.35. The Balaban J connectivity index is 1.43. The summed E-state index contributed by atoms with van der Waals surface area (Å²) in [7, 11) is -3.47. The predicted molar refractivity (Wildman–Crippen MR) is 113 cm³/mol. The second-order valence-electron chi connectivity index (χ2n) is 8.48. The van der Waals surface area contributed by atoms with Crippen LogP contribution >= 0.6 is 11.3 Å². The highest BCUT2D eigenvalue weighted by molar-refractivity contribution is 7.91. The van der Waals surface area contributed by atoms with Gasteiger partial charge in [-0.05, 0) is 55.5 Å². The van der Waals surface area contributed by atoms with Gasteiger partial charge in [0.2, 0.25) is 5.91 Å². The third kappa shape index (κ3) is 5.55. The number of thiophene rings is 1. The van der Waals surface area contributed by atoms with Crippen LogP contribution in [0.1, 0.15) is 39.5 Å². The number of nitrogens with zero attached hydrogens (tertiary/aromatic N) is 2. The predicted octanol–water partition coefficient (Wildman–Crippen LogP) is 2.63. The molecule has 1 N–H and O–H groups in total. The minimum Gasteiger partial charge on any atom is -0.356 e. The molecule has 0 unspecified atom stereocenters. The number of carbonyl (C=O) groups is 1. The minimum atomic E-state index is -3.47. The average Bonchev–Trinajstić information content (AvgIpc) is 3.20. The molecule has 3 heterocycles. The molecule has 3 rings (SSSR count). The first-order valence-electron chi connectivity index (χ1n) is 10.4. The second kappa shape index (κ2) is 9.69. The molecular formula is C20H33N3O3S2. The van der Waals surface area contributed by atoms with Gasteiger partial charge in [-0.3, -0.25) is 4.79 Å². The summed E-state index contributed by atoms with van der Waals surface area (Å²) in [6, 6.07) is 3.38. The molecule has 0 radical (unpaired) electrons. The van der Waals surface area contributed by atoms with Crippen LogP contribution < -0.4 is 5.32 Å². The lowest BCUT2D eigenvalue weighted by molar-refractivity contribution is -0.126. The van der Waals surface area contributed by atoms with Crippen molar-refractivity contribution in [1.82, 2.24) is 14.5 Å². The van der Waals surface area contributed by atoms with Crippen LogP contribution in [0.5, 0.6) is 0 Å². The summed E-state index contributed by atoms with van der Waals surface area (Å²) in [5.41, 5.74) is 0. The van der Waals surface area contributed by atoms with E-state index in [-0.39, 0.29) is 18.4 Å². The standard InChI is InChI=1S/C20H33N3O3S2/c1-16-12-17(2)14-22(13-16)9-5-8-21-20(24)18-6-3-10-23(15-18)28(25,26)19-7-4-11-27-19/h4,7,11,16-18H,3,5-6,8-10,12-15H2,1-2H3,(H,21,24)/t16-,17+,18-/m1/s1. The molecule has 8 heteroatoms. The molecule has 1 aromatic heterocycles. The molecule has 0 spiro atoms. The Labute approximate surface area is 173 Å². The van der Waals surface area contributed by atoms with Crippen molar-refractivity contribution in [3.8, 4) is 0 Å². The maximum absolute atomic E-state index is 12.7. The lowest BCUT2D eigenvalue weighted by Crippen LogP contribution is -2.45. The molecule has 2 saturated heterocycles. The maximum Gasteiger partial charge on any atom is 0.252 e. The van der Waals surface area contributed by atoms with Gasteiger partial charge < -0.3 is 10.2 Å². The first-order valence-corrected chi connectivity index (χ1v) is 12.7. The van der Waals surface area contributed by atoms with Gasteiger partial charge in [0.05, 0.1) is 5.92 Å². The van der Waals surface area contributed by atoms with Gasteiger partial charge >= 0.3 is 0 Å². The zero-order chi connectivity index (χ0) is 20.1. The lowest BCUT2D eigenvalue weighted by atomic mass is 9.92. The highest BCUT2D eigenvalue weighted by atomic mass is 32.2. The van der Waals surface area contributed by atoms with E-state index in [1.165, 1.54) is 22.1 Å². The molecule has 0 aromatic carbocycles. The highest BCUT2D eigenvalue weighted by Gasteiger charge is 2.33. The summed E-state index contributed by atoms with van der Waals surface area (Å²) >= 11 is 1.23. The van der Waals surface area contributed by atoms with Crippen LogP contribution in [0.3, 0.4) is 0 Å². The number of likely N-dealkylation sites (tertiary alicyclic amines) is 1. The quantitative estimate of drug-likeness (QED) is 0.679. The SMILES string of the molecule is C[C@@H]1C[C@H](C)CN(CCCNC(=O)[C@@H]2CCCN(S(=O)(=O)c3cccs3)C2)C1. The summed E-state index contributed by atoms with van der Waals surface area (Å²) in [6.45, 7) is 9.37. The molecule has 1 aromatic rings. The first kappa shape index (κ1) is 21.7. The number of hydrogen-bond donors (Lipinski definition) is 1. The number of sulfonamides is 1. The Hall–Kier alpha value is -0.960. The summed E-state index contributed by atoms with van der Waals surface area (Å²) in [5, 5.41) is 4.81. The Morgan fingerprint density at radius 1 is 1.25 bits per heavy atom. The smallest absolute Gasteiger partial charge is 0.252 e. The largest absolute Gasteiger partial charge is 0.356 e. The fraction of sp³-hybridized carbons (Fsp3) is 0.750. The highest BCUT2D eigenvalue weighted by Crippen LogP contribution is 2.26. The van der Waals surface area contributed by atoms with Crippen molar-refractivity contribution in [3.05, 3.63) is 17.5 Å². The molecule has 6 nitrogen and oxygen atoms in total. The van der Waals surface area contributed by atoms with E-state index in [9.17, 15) is 13.2 Å². The van der Waals surface area contributed by atoms with Gasteiger partial charge in [-0.25, -0.2) is 8.42 Å². The first-order chi connectivity index (χ1) is 13.4. The van der Waals surface area contributed by atoms with Gasteiger partial charge in [-0.1, -0.05) is 19.9 Å². The molecule has 2 aliphatic heterocycles. The molecule has 2 fully saturated rings. The van der Waals surface area contributed by atoms with Crippen LogP contribution in [0.15, 0.2) is 21.7 Å². The van der Waals surface area contributed by atoms with Crippen molar-refractivity contribution < 1.29 is 13.2 Å². The van der Waals surface area contributed by atoms with Crippen LogP contribution in [0.4, 0.5) is 0 Å². The van der Waals surface area contributed by atoms with Crippen molar-refractivity contribution in [2.45, 2.75) is 43.7 Å². The normalized spacial score (nSPS) is 27.6. The Bertz CT molecular complexity index is 726. The van der Waals surface area contributed by atoms with Crippen LogP contribution in [-0.4, -0.2) is 62.8 Å². The van der Waals surface area contributed by atoms with E-state index in [1.54, 1.807) is 17.5 Å². The van der Waals surface area contributed by atoms with E-state index in [1.807, 2.05) is 0 Å². The number of piperidine rings is 2. The summed E-state index contributed by atoms with van der Waals surface area (Å²) < 4.78 is 27.2. The van der Waals surface area contributed by atoms with Crippen LogP contribution in [0, 0.1) is 17.8 Å².